The predicted molar refractivity (Wildman–Crippen MR) is 47.2 cm³/mol. The third-order valence-corrected chi connectivity index (χ3v) is 2.35. The van der Waals surface area contributed by atoms with E-state index in [2.05, 4.69) is 39.5 Å². The molecule has 0 unspecified atom stereocenters. The van der Waals surface area contributed by atoms with Crippen molar-refractivity contribution in [2.24, 2.45) is 5.92 Å². The molecule has 0 fully saturated rings. The molecule has 0 N–H and O–H groups in total. The first-order valence-electron chi connectivity index (χ1n) is 4.37. The maximum Gasteiger partial charge on any atom is 0.00896 e. The van der Waals surface area contributed by atoms with Gasteiger partial charge in [-0.15, -0.1) is 0 Å². The highest BCUT2D eigenvalue weighted by atomic mass is 15.1. The van der Waals surface area contributed by atoms with Gasteiger partial charge in [0.1, 0.15) is 0 Å². The highest BCUT2D eigenvalue weighted by Crippen LogP contribution is 2.08. The molecule has 0 bridgehead atoms. The van der Waals surface area contributed by atoms with E-state index in [1.54, 1.807) is 0 Å². The van der Waals surface area contributed by atoms with Crippen LogP contribution in [0.3, 0.4) is 0 Å². The second-order valence-electron chi connectivity index (χ2n) is 3.21. The minimum absolute atomic E-state index is 0.731. The molecule has 0 heterocycles. The molecule has 0 aliphatic carbocycles. The van der Waals surface area contributed by atoms with Crippen molar-refractivity contribution < 1.29 is 0 Å². The Balaban J connectivity index is 3.76. The van der Waals surface area contributed by atoms with Crippen molar-refractivity contribution in [3.05, 3.63) is 0 Å². The van der Waals surface area contributed by atoms with E-state index in [0.29, 0.717) is 0 Å². The van der Waals surface area contributed by atoms with Crippen molar-refractivity contribution in [1.82, 2.24) is 4.90 Å². The maximum atomic E-state index is 2.49. The summed E-state index contributed by atoms with van der Waals surface area (Å²) < 4.78 is 0. The number of hydrogen-bond donors (Lipinski definition) is 0. The van der Waals surface area contributed by atoms with Gasteiger partial charge in [-0.3, -0.25) is 0 Å². The fourth-order valence-electron chi connectivity index (χ4n) is 1.22. The number of rotatable bonds is 4. The van der Waals surface area contributed by atoms with E-state index in [1.165, 1.54) is 13.1 Å². The summed E-state index contributed by atoms with van der Waals surface area (Å²) in [6.45, 7) is 13.7. The van der Waals surface area contributed by atoms with E-state index < -0.39 is 0 Å². The summed E-state index contributed by atoms with van der Waals surface area (Å²) in [5.74, 6) is 0.778. The van der Waals surface area contributed by atoms with Crippen molar-refractivity contribution in [3.8, 4) is 0 Å². The molecule has 0 aliphatic heterocycles. The van der Waals surface area contributed by atoms with Crippen LogP contribution in [0.1, 0.15) is 34.6 Å². The van der Waals surface area contributed by atoms with Gasteiger partial charge in [0.05, 0.1) is 0 Å². The second-order valence-corrected chi connectivity index (χ2v) is 3.21. The lowest BCUT2D eigenvalue weighted by atomic mass is 10.1. The first-order valence-corrected chi connectivity index (χ1v) is 4.37. The Kier molecular flexibility index (Phi) is 4.71. The summed E-state index contributed by atoms with van der Waals surface area (Å²) in [7, 11) is 0. The summed E-state index contributed by atoms with van der Waals surface area (Å²) in [6.07, 6.45) is 0. The number of nitrogens with zero attached hydrogens (tertiary/aromatic N) is 1. The highest BCUT2D eigenvalue weighted by Gasteiger charge is 2.12. The molecule has 0 radical (unpaired) electrons. The van der Waals surface area contributed by atoms with E-state index in [-0.39, 0.29) is 0 Å². The molecule has 1 atom stereocenters. The molecule has 0 saturated carbocycles. The SMILES string of the molecule is CCN(CC)[C@@H](C)C(C)C. The molecular formula is C9H21N. The third-order valence-electron chi connectivity index (χ3n) is 2.35. The summed E-state index contributed by atoms with van der Waals surface area (Å²) in [5.41, 5.74) is 0. The van der Waals surface area contributed by atoms with Gasteiger partial charge in [0.25, 0.3) is 0 Å². The number of hydrogen-bond acceptors (Lipinski definition) is 1. The van der Waals surface area contributed by atoms with Gasteiger partial charge in [0.2, 0.25) is 0 Å². The maximum absolute atomic E-state index is 2.49. The van der Waals surface area contributed by atoms with Gasteiger partial charge in [-0.1, -0.05) is 27.7 Å². The van der Waals surface area contributed by atoms with Crippen LogP contribution in [-0.4, -0.2) is 24.0 Å². The van der Waals surface area contributed by atoms with Gasteiger partial charge in [-0.25, -0.2) is 0 Å². The van der Waals surface area contributed by atoms with E-state index in [4.69, 9.17) is 0 Å². The van der Waals surface area contributed by atoms with Crippen LogP contribution >= 0.6 is 0 Å². The highest BCUT2D eigenvalue weighted by molar-refractivity contribution is 4.67. The monoisotopic (exact) mass is 143 g/mol. The molecule has 0 spiro atoms. The summed E-state index contributed by atoms with van der Waals surface area (Å²) >= 11 is 0. The standard InChI is InChI=1S/C9H21N/c1-6-10(7-2)9(5)8(3)4/h8-9H,6-7H2,1-5H3/t9-/m0/s1. The van der Waals surface area contributed by atoms with Gasteiger partial charge >= 0.3 is 0 Å². The lowest BCUT2D eigenvalue weighted by Gasteiger charge is -2.29. The largest absolute Gasteiger partial charge is 0.301 e. The summed E-state index contributed by atoms with van der Waals surface area (Å²) in [5, 5.41) is 0. The minimum atomic E-state index is 0.731. The first-order chi connectivity index (χ1) is 4.63. The average Bonchev–Trinajstić information content (AvgIpc) is 1.90. The van der Waals surface area contributed by atoms with Crippen LogP contribution in [-0.2, 0) is 0 Å². The van der Waals surface area contributed by atoms with E-state index in [1.807, 2.05) is 0 Å². The smallest absolute Gasteiger partial charge is 0.00896 e. The van der Waals surface area contributed by atoms with Crippen LogP contribution < -0.4 is 0 Å². The molecule has 0 aromatic rings. The first kappa shape index (κ1) is 9.96. The zero-order valence-corrected chi connectivity index (χ0v) is 8.02. The Morgan fingerprint density at radius 1 is 1.00 bits per heavy atom. The zero-order valence-electron chi connectivity index (χ0n) is 8.02. The van der Waals surface area contributed by atoms with Gasteiger partial charge in [-0.2, -0.15) is 0 Å². The van der Waals surface area contributed by atoms with E-state index in [0.717, 1.165) is 12.0 Å². The quantitative estimate of drug-likeness (QED) is 0.584. The molecule has 0 amide bonds. The van der Waals surface area contributed by atoms with Crippen LogP contribution in [0.5, 0.6) is 0 Å². The molecule has 0 saturated heterocycles. The Hall–Kier alpha value is -0.0400. The normalized spacial score (nSPS) is 14.7. The van der Waals surface area contributed by atoms with Gasteiger partial charge in [-0.05, 0) is 25.9 Å². The summed E-state index contributed by atoms with van der Waals surface area (Å²) in [6, 6.07) is 0.731. The van der Waals surface area contributed by atoms with Crippen LogP contribution in [0.25, 0.3) is 0 Å². The molecule has 0 aliphatic rings. The molecule has 1 heteroatoms. The van der Waals surface area contributed by atoms with Crippen molar-refractivity contribution >= 4 is 0 Å². The average molecular weight is 143 g/mol. The van der Waals surface area contributed by atoms with Crippen LogP contribution in [0, 0.1) is 5.92 Å². The predicted octanol–water partition coefficient (Wildman–Crippen LogP) is 2.37. The minimum Gasteiger partial charge on any atom is -0.301 e. The lowest BCUT2D eigenvalue weighted by Crippen LogP contribution is -2.36. The van der Waals surface area contributed by atoms with Crippen molar-refractivity contribution in [3.63, 3.8) is 0 Å². The molecule has 62 valence electrons. The van der Waals surface area contributed by atoms with Gasteiger partial charge in [0.15, 0.2) is 0 Å². The fourth-order valence-corrected chi connectivity index (χ4v) is 1.22. The van der Waals surface area contributed by atoms with Crippen LogP contribution in [0.15, 0.2) is 0 Å². The van der Waals surface area contributed by atoms with E-state index in [9.17, 15) is 0 Å². The Labute approximate surface area is 65.4 Å². The second kappa shape index (κ2) is 4.73. The molecule has 10 heavy (non-hydrogen) atoms. The lowest BCUT2D eigenvalue weighted by molar-refractivity contribution is 0.186. The van der Waals surface area contributed by atoms with Crippen molar-refractivity contribution in [1.29, 1.82) is 0 Å². The summed E-state index contributed by atoms with van der Waals surface area (Å²) in [4.78, 5) is 2.49. The molecule has 1 nitrogen and oxygen atoms in total. The molecule has 0 aromatic carbocycles. The Morgan fingerprint density at radius 3 is 1.50 bits per heavy atom. The van der Waals surface area contributed by atoms with Crippen LogP contribution in [0.2, 0.25) is 0 Å². The Morgan fingerprint density at radius 2 is 1.40 bits per heavy atom. The Bertz CT molecular complexity index is 74.8. The molecular weight excluding hydrogens is 122 g/mol. The third kappa shape index (κ3) is 2.70. The van der Waals surface area contributed by atoms with Crippen LogP contribution in [0.4, 0.5) is 0 Å². The van der Waals surface area contributed by atoms with Gasteiger partial charge in [0, 0.05) is 6.04 Å². The topological polar surface area (TPSA) is 3.24 Å². The van der Waals surface area contributed by atoms with Gasteiger partial charge < -0.3 is 4.90 Å². The molecule has 0 aromatic heterocycles. The van der Waals surface area contributed by atoms with Crippen molar-refractivity contribution in [2.45, 2.75) is 40.7 Å². The molecule has 0 rings (SSSR count). The van der Waals surface area contributed by atoms with Crippen molar-refractivity contribution in [2.75, 3.05) is 13.1 Å². The fraction of sp³-hybridized carbons (Fsp3) is 1.00. The zero-order chi connectivity index (χ0) is 8.15. The van der Waals surface area contributed by atoms with E-state index >= 15 is 0 Å².